The molecule has 7 rings (SSSR count). The number of fused-ring (bicyclic) bond motifs is 7. The topological polar surface area (TPSA) is 117 Å². The molecule has 2 amide bonds. The Hall–Kier alpha value is -4.34. The summed E-state index contributed by atoms with van der Waals surface area (Å²) in [6.45, 7) is 4.08. The lowest BCUT2D eigenvalue weighted by molar-refractivity contribution is -0.119. The molecule has 3 aliphatic heterocycles. The maximum absolute atomic E-state index is 13.9. The highest BCUT2D eigenvalue weighted by Crippen LogP contribution is 2.51. The molecule has 9 heteroatoms. The fourth-order valence-corrected chi connectivity index (χ4v) is 6.57. The lowest BCUT2D eigenvalue weighted by atomic mass is 9.89. The third kappa shape index (κ3) is 3.47. The predicted molar refractivity (Wildman–Crippen MR) is 150 cm³/mol. The molecule has 0 bridgehead atoms. The molecule has 202 valence electrons. The summed E-state index contributed by atoms with van der Waals surface area (Å²) >= 11 is 0. The number of nitrogens with zero attached hydrogens (tertiary/aromatic N) is 3. The molecule has 1 fully saturated rings. The van der Waals surface area contributed by atoms with Gasteiger partial charge in [0.05, 0.1) is 45.8 Å². The molecule has 3 aromatic carbocycles. The Morgan fingerprint density at radius 1 is 0.925 bits per heavy atom. The largest absolute Gasteiger partial charge is 0.358 e. The third-order valence-corrected chi connectivity index (χ3v) is 8.27. The van der Waals surface area contributed by atoms with Crippen LogP contribution in [-0.4, -0.2) is 38.4 Å². The summed E-state index contributed by atoms with van der Waals surface area (Å²) in [5.74, 6) is -2.18. The fraction of sp³-hybridized carbons (Fsp3) is 0.290. The van der Waals surface area contributed by atoms with Gasteiger partial charge in [-0.3, -0.25) is 29.2 Å². The average molecular weight is 536 g/mol. The molecular formula is C31H29N5O4. The number of amides is 2. The summed E-state index contributed by atoms with van der Waals surface area (Å²) in [4.78, 5) is 47.3. The van der Waals surface area contributed by atoms with Crippen LogP contribution >= 0.6 is 0 Å². The van der Waals surface area contributed by atoms with E-state index in [-0.39, 0.29) is 29.7 Å². The highest BCUT2D eigenvalue weighted by atomic mass is 16.3. The number of aliphatic hydroxyl groups is 1. The zero-order chi connectivity index (χ0) is 27.8. The Morgan fingerprint density at radius 2 is 1.62 bits per heavy atom. The number of rotatable bonds is 4. The molecule has 3 aliphatic rings. The van der Waals surface area contributed by atoms with Gasteiger partial charge in [-0.2, -0.15) is 0 Å². The second kappa shape index (κ2) is 8.84. The molecule has 4 aromatic rings. The van der Waals surface area contributed by atoms with Crippen molar-refractivity contribution in [1.82, 2.24) is 20.2 Å². The predicted octanol–water partition coefficient (Wildman–Crippen LogP) is 3.35. The Balaban J connectivity index is 1.39. The van der Waals surface area contributed by atoms with E-state index in [9.17, 15) is 19.5 Å². The van der Waals surface area contributed by atoms with Crippen LogP contribution in [0.2, 0.25) is 0 Å². The van der Waals surface area contributed by atoms with Crippen LogP contribution in [0.3, 0.4) is 0 Å². The number of anilines is 1. The Morgan fingerprint density at radius 3 is 2.42 bits per heavy atom. The van der Waals surface area contributed by atoms with Gasteiger partial charge in [0.25, 0.3) is 11.5 Å². The first-order chi connectivity index (χ1) is 19.3. The van der Waals surface area contributed by atoms with Crippen LogP contribution in [0.5, 0.6) is 0 Å². The molecule has 4 heterocycles. The molecule has 9 nitrogen and oxygen atoms in total. The zero-order valence-electron chi connectivity index (χ0n) is 22.2. The number of nitrogens with one attached hydrogen (secondary N) is 2. The number of aromatic nitrogens is 2. The van der Waals surface area contributed by atoms with Gasteiger partial charge >= 0.3 is 0 Å². The van der Waals surface area contributed by atoms with E-state index in [0.29, 0.717) is 40.1 Å². The van der Waals surface area contributed by atoms with E-state index in [0.717, 1.165) is 5.56 Å². The number of hydrogen-bond acceptors (Lipinski definition) is 6. The zero-order valence-corrected chi connectivity index (χ0v) is 22.2. The number of para-hydroxylation sites is 3. The molecule has 40 heavy (non-hydrogen) atoms. The van der Waals surface area contributed by atoms with Crippen LogP contribution in [-0.2, 0) is 4.79 Å². The smallest absolute Gasteiger partial charge is 0.266 e. The highest BCUT2D eigenvalue weighted by Gasteiger charge is 2.60. The van der Waals surface area contributed by atoms with Crippen molar-refractivity contribution >= 4 is 28.4 Å². The van der Waals surface area contributed by atoms with Crippen molar-refractivity contribution in [1.29, 1.82) is 0 Å². The van der Waals surface area contributed by atoms with Crippen molar-refractivity contribution in [2.45, 2.75) is 50.5 Å². The molecule has 1 saturated heterocycles. The van der Waals surface area contributed by atoms with Gasteiger partial charge in [0.1, 0.15) is 5.82 Å². The van der Waals surface area contributed by atoms with Crippen molar-refractivity contribution in [3.05, 3.63) is 100 Å². The summed E-state index contributed by atoms with van der Waals surface area (Å²) in [6.07, 6.45) is 0.775. The van der Waals surface area contributed by atoms with Gasteiger partial charge < -0.3 is 10.4 Å². The third-order valence-electron chi connectivity index (χ3n) is 8.27. The van der Waals surface area contributed by atoms with E-state index < -0.39 is 23.9 Å². The van der Waals surface area contributed by atoms with Gasteiger partial charge in [-0.1, -0.05) is 56.3 Å². The first-order valence-electron chi connectivity index (χ1n) is 13.6. The molecule has 4 atom stereocenters. The maximum atomic E-state index is 13.9. The van der Waals surface area contributed by atoms with Gasteiger partial charge in [-0.05, 0) is 54.7 Å². The molecule has 3 unspecified atom stereocenters. The first kappa shape index (κ1) is 24.7. The minimum absolute atomic E-state index is 0.177. The van der Waals surface area contributed by atoms with Crippen LogP contribution in [0.4, 0.5) is 5.69 Å². The van der Waals surface area contributed by atoms with E-state index in [1.807, 2.05) is 44.2 Å². The van der Waals surface area contributed by atoms with Gasteiger partial charge in [-0.15, -0.1) is 0 Å². The monoisotopic (exact) mass is 535 g/mol. The molecule has 3 N–H and O–H groups in total. The first-order valence-corrected chi connectivity index (χ1v) is 13.6. The highest BCUT2D eigenvalue weighted by molar-refractivity contribution is 6.03. The Kier molecular flexibility index (Phi) is 5.45. The lowest BCUT2D eigenvalue weighted by Crippen LogP contribution is -2.54. The van der Waals surface area contributed by atoms with Crippen molar-refractivity contribution < 1.29 is 14.7 Å². The maximum Gasteiger partial charge on any atom is 0.266 e. The second-order valence-electron chi connectivity index (χ2n) is 11.2. The van der Waals surface area contributed by atoms with Gasteiger partial charge in [0, 0.05) is 0 Å². The average Bonchev–Trinajstić information content (AvgIpc) is 3.28. The quantitative estimate of drug-likeness (QED) is 0.369. The minimum atomic E-state index is -1.69. The molecule has 0 spiro atoms. The van der Waals surface area contributed by atoms with Crippen LogP contribution in [0.15, 0.2) is 77.6 Å². The van der Waals surface area contributed by atoms with Crippen LogP contribution in [0.25, 0.3) is 16.6 Å². The molecule has 0 radical (unpaired) electrons. The Labute approximate surface area is 230 Å². The summed E-state index contributed by atoms with van der Waals surface area (Å²) in [7, 11) is 0. The molecule has 0 aliphatic carbocycles. The number of benzene rings is 3. The number of carbonyl (C=O) groups is 2. The van der Waals surface area contributed by atoms with Gasteiger partial charge in [0.15, 0.2) is 0 Å². The van der Waals surface area contributed by atoms with Crippen LogP contribution in [0, 0.1) is 5.92 Å². The summed E-state index contributed by atoms with van der Waals surface area (Å²) in [6, 6.07) is 20.3. The van der Waals surface area contributed by atoms with E-state index in [2.05, 4.69) is 10.6 Å². The molecular weight excluding hydrogens is 506 g/mol. The summed E-state index contributed by atoms with van der Waals surface area (Å²) in [5.41, 5.74) is 2.51. The van der Waals surface area contributed by atoms with Crippen molar-refractivity contribution in [2.75, 3.05) is 4.90 Å². The van der Waals surface area contributed by atoms with E-state index >= 15 is 0 Å². The fourth-order valence-electron chi connectivity index (χ4n) is 6.57. The molecule has 0 saturated carbocycles. The van der Waals surface area contributed by atoms with Crippen LogP contribution in [0.1, 0.15) is 60.4 Å². The van der Waals surface area contributed by atoms with Crippen molar-refractivity contribution in [3.63, 3.8) is 0 Å². The van der Waals surface area contributed by atoms with Gasteiger partial charge in [0.2, 0.25) is 11.8 Å². The van der Waals surface area contributed by atoms with Crippen molar-refractivity contribution in [2.24, 2.45) is 5.92 Å². The number of hydrogen-bond donors (Lipinski definition) is 3. The van der Waals surface area contributed by atoms with Crippen LogP contribution < -0.4 is 21.1 Å². The molecule has 1 aromatic heterocycles. The van der Waals surface area contributed by atoms with Gasteiger partial charge in [-0.25, -0.2) is 4.98 Å². The van der Waals surface area contributed by atoms with E-state index in [1.165, 1.54) is 9.47 Å². The minimum Gasteiger partial charge on any atom is -0.358 e. The lowest BCUT2D eigenvalue weighted by Gasteiger charge is -2.33. The van der Waals surface area contributed by atoms with E-state index in [1.54, 1.807) is 42.5 Å². The SMILES string of the molecule is CC(C)CC1NC2(O)C(C[C@@H]3NC(=O)c4ccccc4-n4c3nc3ccccc3c4=O)c3ccccc3N2C1=O. The van der Waals surface area contributed by atoms with Crippen molar-refractivity contribution in [3.8, 4) is 5.69 Å². The van der Waals surface area contributed by atoms with E-state index in [4.69, 9.17) is 4.98 Å². The second-order valence-corrected chi connectivity index (χ2v) is 11.2. The standard InChI is InChI=1S/C31H29N5O4/c1-17(2)15-24-30(39)36-26-14-8-4-9-18(26)21(31(36,40)34-24)16-23-27-32-22-12-6-3-10-19(22)29(38)35(27)25-13-7-5-11-20(25)28(37)33-23/h3-14,17,21,23-24,34,40H,15-16H2,1-2H3,(H,33,37)/t21?,23-,24?,31?/m0/s1. The normalized spacial score (nSPS) is 24.9. The summed E-state index contributed by atoms with van der Waals surface area (Å²) < 4.78 is 1.51. The Bertz CT molecular complexity index is 1760. The summed E-state index contributed by atoms with van der Waals surface area (Å²) in [5, 5.41) is 18.9. The number of carbonyl (C=O) groups excluding carboxylic acids is 2.